The van der Waals surface area contributed by atoms with Gasteiger partial charge in [-0.15, -0.1) is 11.1 Å². The summed E-state index contributed by atoms with van der Waals surface area (Å²) in [6.45, 7) is 25.2. The minimum atomic E-state index is -1.07. The van der Waals surface area contributed by atoms with E-state index in [2.05, 4.69) is 128 Å². The summed E-state index contributed by atoms with van der Waals surface area (Å²) in [6, 6.07) is 15.2. The third-order valence-corrected chi connectivity index (χ3v) is 8.69. The summed E-state index contributed by atoms with van der Waals surface area (Å²) in [5.41, 5.74) is 10.1. The molecule has 0 N–H and O–H groups in total. The van der Waals surface area contributed by atoms with E-state index in [0.29, 0.717) is 5.92 Å². The standard InChI is InChI=1S/C21H25.C10H17Si.CH2.2ClH.Zr/c1-20(2,3)16-7-9-18-14(12-16)11-15-13-17(21(4,5)6)8-10-19(15)18;1-8-6-9(2)10(7-8)11(3,4)5;;;;/h7-10,12H,11H2,1-6H3;7-8H,1-5H3;1H2;2*1H;/q2*-1;;;;+2/p-2. The average molecular weight is 619 g/mol. The molecule has 196 valence electrons. The Bertz CT molecular complexity index is 1030. The van der Waals surface area contributed by atoms with Crippen molar-refractivity contribution < 1.29 is 49.0 Å². The number of hydrogen-bond acceptors (Lipinski definition) is 0. The fourth-order valence-corrected chi connectivity index (χ4v) is 6.62. The summed E-state index contributed by atoms with van der Waals surface area (Å²) in [7, 11) is -1.07. The molecule has 0 fully saturated rings. The molecular formula is C32H44Cl2SiZr-2. The van der Waals surface area contributed by atoms with Gasteiger partial charge in [0, 0.05) is 0 Å². The van der Waals surface area contributed by atoms with Crippen molar-refractivity contribution in [3.8, 4) is 11.1 Å². The molecule has 4 rings (SSSR count). The van der Waals surface area contributed by atoms with Crippen LogP contribution in [0.4, 0.5) is 0 Å². The maximum atomic E-state index is 3.67. The van der Waals surface area contributed by atoms with Gasteiger partial charge in [0.1, 0.15) is 0 Å². The van der Waals surface area contributed by atoms with Gasteiger partial charge in [-0.1, -0.05) is 105 Å². The molecule has 1 unspecified atom stereocenters. The Labute approximate surface area is 250 Å². The minimum absolute atomic E-state index is 0. The zero-order valence-corrected chi connectivity index (χ0v) is 29.2. The van der Waals surface area contributed by atoms with Crippen LogP contribution in [0.1, 0.15) is 77.6 Å². The molecule has 0 saturated carbocycles. The molecule has 2 aliphatic carbocycles. The average Bonchev–Trinajstić information content (AvgIpc) is 3.26. The van der Waals surface area contributed by atoms with Crippen molar-refractivity contribution in [1.82, 2.24) is 0 Å². The van der Waals surface area contributed by atoms with Crippen LogP contribution in [0.15, 0.2) is 47.2 Å². The van der Waals surface area contributed by atoms with Gasteiger partial charge in [0.15, 0.2) is 0 Å². The summed E-state index contributed by atoms with van der Waals surface area (Å²) in [5, 5.41) is 1.60. The second-order valence-electron chi connectivity index (χ2n) is 12.7. The van der Waals surface area contributed by atoms with E-state index < -0.39 is 8.07 Å². The SMILES string of the molecule is CC(C)(C)c1[c-]c2c(cc1)-c1ccc(C(C)(C)C)cc1C2.CC1=[C-]C(C)C=C1[Si](C)(C)C.[CH2]=[Zr+2].[Cl-].[Cl-]. The summed E-state index contributed by atoms with van der Waals surface area (Å²) in [4.78, 5) is 0. The molecule has 2 aromatic rings. The van der Waals surface area contributed by atoms with E-state index in [0.717, 1.165) is 6.42 Å². The van der Waals surface area contributed by atoms with Crippen LogP contribution in [0.25, 0.3) is 11.1 Å². The molecule has 0 radical (unpaired) electrons. The van der Waals surface area contributed by atoms with Crippen molar-refractivity contribution in [2.45, 2.75) is 92.3 Å². The smallest absolute Gasteiger partial charge is 1.00 e. The largest absolute Gasteiger partial charge is 1.00 e. The first kappa shape index (κ1) is 35.5. The van der Waals surface area contributed by atoms with Crippen molar-refractivity contribution in [1.29, 1.82) is 0 Å². The van der Waals surface area contributed by atoms with Gasteiger partial charge in [0.2, 0.25) is 0 Å². The van der Waals surface area contributed by atoms with E-state index in [-0.39, 0.29) is 35.6 Å². The fourth-order valence-electron chi connectivity index (χ4n) is 4.68. The number of hydrogen-bond donors (Lipinski definition) is 0. The minimum Gasteiger partial charge on any atom is -1.00 e. The van der Waals surface area contributed by atoms with Crippen molar-refractivity contribution in [2.75, 3.05) is 0 Å². The van der Waals surface area contributed by atoms with Crippen LogP contribution in [-0.2, 0) is 41.5 Å². The Morgan fingerprint density at radius 3 is 1.86 bits per heavy atom. The fraction of sp³-hybridized carbons (Fsp3) is 0.469. The van der Waals surface area contributed by atoms with Crippen LogP contribution in [0.2, 0.25) is 19.6 Å². The molecule has 0 saturated heterocycles. The number of fused-ring (bicyclic) bond motifs is 3. The van der Waals surface area contributed by atoms with Crippen molar-refractivity contribution in [2.24, 2.45) is 5.92 Å². The second-order valence-corrected chi connectivity index (χ2v) is 17.7. The Balaban J connectivity index is 0.000000701. The molecule has 4 heteroatoms. The normalized spacial score (nSPS) is 16.0. The van der Waals surface area contributed by atoms with Crippen LogP contribution >= 0.6 is 0 Å². The van der Waals surface area contributed by atoms with E-state index in [4.69, 9.17) is 0 Å². The van der Waals surface area contributed by atoms with E-state index >= 15 is 0 Å². The van der Waals surface area contributed by atoms with Gasteiger partial charge < -0.3 is 24.8 Å². The number of halogens is 2. The van der Waals surface area contributed by atoms with Crippen LogP contribution in [0, 0.1) is 18.1 Å². The first-order valence-corrected chi connectivity index (χ1v) is 17.7. The molecule has 0 bridgehead atoms. The molecule has 1 atom stereocenters. The first-order valence-electron chi connectivity index (χ1n) is 12.4. The predicted octanol–water partition coefficient (Wildman–Crippen LogP) is 2.82. The zero-order chi connectivity index (χ0) is 26.1. The Morgan fingerprint density at radius 2 is 1.44 bits per heavy atom. The van der Waals surface area contributed by atoms with Crippen LogP contribution < -0.4 is 24.8 Å². The quantitative estimate of drug-likeness (QED) is 0.291. The molecule has 0 amide bonds. The number of rotatable bonds is 1. The van der Waals surface area contributed by atoms with E-state index in [1.54, 1.807) is 5.20 Å². The van der Waals surface area contributed by atoms with Crippen LogP contribution in [0.5, 0.6) is 0 Å². The van der Waals surface area contributed by atoms with Gasteiger partial charge in [0.25, 0.3) is 0 Å². The molecule has 36 heavy (non-hydrogen) atoms. The summed E-state index contributed by atoms with van der Waals surface area (Å²) in [5.74, 6) is 0.553. The third kappa shape index (κ3) is 8.76. The maximum absolute atomic E-state index is 3.67. The Morgan fingerprint density at radius 1 is 0.889 bits per heavy atom. The third-order valence-electron chi connectivity index (χ3n) is 6.54. The van der Waals surface area contributed by atoms with Gasteiger partial charge in [-0.25, -0.2) is 10.8 Å². The Kier molecular flexibility index (Phi) is 13.3. The first-order chi connectivity index (χ1) is 15.6. The summed E-state index contributed by atoms with van der Waals surface area (Å²) >= 11 is 1.30. The molecule has 2 aromatic carbocycles. The van der Waals surface area contributed by atoms with Gasteiger partial charge in [0.05, 0.1) is 0 Å². The van der Waals surface area contributed by atoms with Crippen LogP contribution in [-0.4, -0.2) is 12.3 Å². The zero-order valence-electron chi connectivity index (χ0n) is 24.2. The van der Waals surface area contributed by atoms with Gasteiger partial charge in [-0.2, -0.15) is 29.8 Å². The van der Waals surface area contributed by atoms with Gasteiger partial charge in [-0.05, 0) is 36.5 Å². The molecule has 0 spiro atoms. The monoisotopic (exact) mass is 616 g/mol. The maximum Gasteiger partial charge on any atom is -1.00 e. The van der Waals surface area contributed by atoms with E-state index in [9.17, 15) is 0 Å². The molecule has 0 aromatic heterocycles. The number of benzene rings is 2. The summed E-state index contributed by atoms with van der Waals surface area (Å²) < 4.78 is 3.34. The molecule has 2 aliphatic rings. The van der Waals surface area contributed by atoms with E-state index in [1.165, 1.54) is 63.2 Å². The van der Waals surface area contributed by atoms with Crippen molar-refractivity contribution >= 4 is 12.3 Å². The van der Waals surface area contributed by atoms with Crippen LogP contribution in [0.3, 0.4) is 0 Å². The topological polar surface area (TPSA) is 0 Å². The summed E-state index contributed by atoms with van der Waals surface area (Å²) in [6.07, 6.45) is 6.83. The molecule has 0 heterocycles. The van der Waals surface area contributed by atoms with Crippen molar-refractivity contribution in [3.05, 3.63) is 81.6 Å². The van der Waals surface area contributed by atoms with E-state index in [1.807, 2.05) is 0 Å². The molecule has 0 nitrogen and oxygen atoms in total. The molecular weight excluding hydrogens is 575 g/mol. The van der Waals surface area contributed by atoms with Crippen molar-refractivity contribution in [3.63, 3.8) is 0 Å². The number of allylic oxidation sites excluding steroid dienone is 4. The second kappa shape index (κ2) is 13.5. The van der Waals surface area contributed by atoms with Gasteiger partial charge in [-0.3, -0.25) is 6.08 Å². The van der Waals surface area contributed by atoms with Gasteiger partial charge >= 0.3 is 28.4 Å². The molecule has 0 aliphatic heterocycles. The Hall–Kier alpha value is -0.530. The predicted molar refractivity (Wildman–Crippen MR) is 151 cm³/mol.